The van der Waals surface area contributed by atoms with Gasteiger partial charge in [-0.1, -0.05) is 10.4 Å². The third-order valence-electron chi connectivity index (χ3n) is 6.39. The lowest BCUT2D eigenvalue weighted by molar-refractivity contribution is -0.0989. The van der Waals surface area contributed by atoms with Crippen molar-refractivity contribution in [1.82, 2.24) is 30.0 Å². The fourth-order valence-corrected chi connectivity index (χ4v) is 4.69. The topological polar surface area (TPSA) is 116 Å². The van der Waals surface area contributed by atoms with Crippen LogP contribution < -0.4 is 0 Å². The molecule has 6 saturated carbocycles. The molecule has 0 aliphatic heterocycles. The fraction of sp³-hybridized carbons (Fsp3) is 0.625. The van der Waals surface area contributed by atoms with E-state index in [1.807, 2.05) is 4.68 Å². The van der Waals surface area contributed by atoms with Gasteiger partial charge in [0.1, 0.15) is 0 Å². The van der Waals surface area contributed by atoms with Gasteiger partial charge in [0.25, 0.3) is 5.24 Å². The summed E-state index contributed by atoms with van der Waals surface area (Å²) in [4.78, 5) is 21.3. The molecule has 2 aromatic heterocycles. The first-order chi connectivity index (χ1) is 12.4. The van der Waals surface area contributed by atoms with Crippen molar-refractivity contribution in [3.05, 3.63) is 23.8 Å². The second-order valence-electron chi connectivity index (χ2n) is 8.08. The maximum absolute atomic E-state index is 10.8. The monoisotopic (exact) mass is 376 g/mol. The molecule has 6 aliphatic carbocycles. The summed E-state index contributed by atoms with van der Waals surface area (Å²) in [5.74, 6) is 0.745. The third kappa shape index (κ3) is 2.16. The maximum atomic E-state index is 10.8. The summed E-state index contributed by atoms with van der Waals surface area (Å²) in [5, 5.41) is 23.2. The second kappa shape index (κ2) is 5.12. The second-order valence-corrected chi connectivity index (χ2v) is 8.42. The molecule has 1 N–H and O–H groups in total. The molecular formula is C16H17ClN6O3. The molecule has 0 saturated heterocycles. The van der Waals surface area contributed by atoms with Crippen molar-refractivity contribution in [1.29, 1.82) is 0 Å². The van der Waals surface area contributed by atoms with E-state index in [2.05, 4.69) is 20.6 Å². The zero-order chi connectivity index (χ0) is 18.1. The van der Waals surface area contributed by atoms with Gasteiger partial charge in [0.15, 0.2) is 11.4 Å². The van der Waals surface area contributed by atoms with Crippen molar-refractivity contribution in [3.8, 4) is 0 Å². The number of aromatic nitrogens is 6. The predicted octanol–water partition coefficient (Wildman–Crippen LogP) is 1.65. The first kappa shape index (κ1) is 15.9. The molecule has 2 heterocycles. The van der Waals surface area contributed by atoms with Gasteiger partial charge in [-0.05, 0) is 62.0 Å². The van der Waals surface area contributed by atoms with Gasteiger partial charge in [-0.15, -0.1) is 10.2 Å². The van der Waals surface area contributed by atoms with Crippen LogP contribution in [-0.2, 0) is 11.1 Å². The molecule has 136 valence electrons. The van der Waals surface area contributed by atoms with Gasteiger partial charge in [-0.2, -0.15) is 0 Å². The van der Waals surface area contributed by atoms with Crippen molar-refractivity contribution in [2.24, 2.45) is 11.8 Å². The Labute approximate surface area is 153 Å². The number of carbonyl (C=O) groups excluding carboxylic acids is 1. The van der Waals surface area contributed by atoms with Crippen LogP contribution in [0.1, 0.15) is 59.5 Å². The highest BCUT2D eigenvalue weighted by Crippen LogP contribution is 2.62. The van der Waals surface area contributed by atoms with E-state index in [-0.39, 0.29) is 22.5 Å². The van der Waals surface area contributed by atoms with E-state index in [0.717, 1.165) is 31.1 Å². The van der Waals surface area contributed by atoms with Gasteiger partial charge in [-0.25, -0.2) is 14.2 Å². The van der Waals surface area contributed by atoms with Crippen molar-refractivity contribution in [2.45, 2.75) is 49.6 Å². The average molecular weight is 377 g/mol. The standard InChI is InChI=1S/C8H8ClN3O.C8H9N3O2/c9-7(13)6-4-12(11-10-6)8-1-5(2-8)3-8;12-7(13)6-4-11(10-9-6)8-1-5(2-8)3-8/h4-5H,1-3H2;4-5H,1-3H2,(H,12,13). The number of nitrogens with zero attached hydrogens (tertiary/aromatic N) is 6. The molecule has 0 unspecified atom stereocenters. The highest BCUT2D eigenvalue weighted by atomic mass is 35.5. The Bertz CT molecular complexity index is 812. The van der Waals surface area contributed by atoms with Crippen LogP contribution in [-0.4, -0.2) is 46.3 Å². The molecule has 0 amide bonds. The van der Waals surface area contributed by atoms with Gasteiger partial charge < -0.3 is 5.11 Å². The molecule has 0 aromatic carbocycles. The number of hydrogen-bond acceptors (Lipinski definition) is 6. The average Bonchev–Trinajstić information content (AvgIpc) is 3.01. The molecule has 0 radical (unpaired) electrons. The van der Waals surface area contributed by atoms with E-state index in [1.54, 1.807) is 10.9 Å². The Morgan fingerprint density at radius 2 is 1.35 bits per heavy atom. The summed E-state index contributed by atoms with van der Waals surface area (Å²) >= 11 is 5.29. The van der Waals surface area contributed by atoms with Crippen LogP contribution in [0.25, 0.3) is 0 Å². The van der Waals surface area contributed by atoms with E-state index in [1.165, 1.54) is 25.5 Å². The molecule has 2 aromatic rings. The number of carboxylic acids is 1. The van der Waals surface area contributed by atoms with Crippen LogP contribution in [0.3, 0.4) is 0 Å². The maximum Gasteiger partial charge on any atom is 0.358 e. The summed E-state index contributed by atoms with van der Waals surface area (Å²) in [6.07, 6.45) is 10.2. The van der Waals surface area contributed by atoms with Gasteiger partial charge >= 0.3 is 5.97 Å². The van der Waals surface area contributed by atoms with E-state index in [0.29, 0.717) is 0 Å². The Balaban J connectivity index is 0.000000115. The molecule has 26 heavy (non-hydrogen) atoms. The van der Waals surface area contributed by atoms with Gasteiger partial charge in [0.2, 0.25) is 0 Å². The minimum absolute atomic E-state index is 0.0460. The lowest BCUT2D eigenvalue weighted by atomic mass is 9.50. The van der Waals surface area contributed by atoms with Crippen LogP contribution in [0.4, 0.5) is 0 Å². The van der Waals surface area contributed by atoms with Crippen molar-refractivity contribution >= 4 is 22.8 Å². The van der Waals surface area contributed by atoms with E-state index >= 15 is 0 Å². The third-order valence-corrected chi connectivity index (χ3v) is 6.58. The van der Waals surface area contributed by atoms with E-state index in [9.17, 15) is 9.59 Å². The van der Waals surface area contributed by atoms with E-state index < -0.39 is 11.2 Å². The zero-order valence-electron chi connectivity index (χ0n) is 13.9. The Morgan fingerprint density at radius 3 is 1.62 bits per heavy atom. The van der Waals surface area contributed by atoms with Crippen molar-refractivity contribution in [3.63, 3.8) is 0 Å². The van der Waals surface area contributed by atoms with Crippen LogP contribution in [0.2, 0.25) is 0 Å². The van der Waals surface area contributed by atoms with E-state index in [4.69, 9.17) is 16.7 Å². The van der Waals surface area contributed by atoms with Gasteiger partial charge in [0, 0.05) is 0 Å². The summed E-state index contributed by atoms with van der Waals surface area (Å²) in [6.45, 7) is 0. The lowest BCUT2D eigenvalue weighted by Gasteiger charge is -2.61. The van der Waals surface area contributed by atoms with Crippen LogP contribution in [0, 0.1) is 11.8 Å². The Kier molecular flexibility index (Phi) is 3.14. The molecular weight excluding hydrogens is 360 g/mol. The molecule has 4 bridgehead atoms. The predicted molar refractivity (Wildman–Crippen MR) is 87.8 cm³/mol. The number of carboxylic acid groups (broad SMARTS) is 1. The minimum Gasteiger partial charge on any atom is -0.476 e. The van der Waals surface area contributed by atoms with Crippen molar-refractivity contribution in [2.75, 3.05) is 0 Å². The minimum atomic E-state index is -1.00. The molecule has 0 spiro atoms. The SMILES string of the molecule is O=C(Cl)c1cn(C23CC(C2)C3)nn1.O=C(O)c1cn(C23CC(C2)C3)nn1. The highest BCUT2D eigenvalue weighted by molar-refractivity contribution is 6.67. The summed E-state index contributed by atoms with van der Waals surface area (Å²) in [6, 6.07) is 0. The molecule has 10 heteroatoms. The molecule has 0 atom stereocenters. The summed E-state index contributed by atoms with van der Waals surface area (Å²) < 4.78 is 3.54. The number of carbonyl (C=O) groups is 2. The highest BCUT2D eigenvalue weighted by Gasteiger charge is 2.59. The first-order valence-electron chi connectivity index (χ1n) is 8.68. The van der Waals surface area contributed by atoms with Crippen LogP contribution >= 0.6 is 11.6 Å². The Morgan fingerprint density at radius 1 is 0.923 bits per heavy atom. The lowest BCUT2D eigenvalue weighted by Crippen LogP contribution is -2.59. The fourth-order valence-electron chi connectivity index (χ4n) is 4.61. The van der Waals surface area contributed by atoms with Gasteiger partial charge in [-0.3, -0.25) is 4.79 Å². The molecule has 6 fully saturated rings. The number of halogens is 1. The van der Waals surface area contributed by atoms with Crippen LogP contribution in [0.5, 0.6) is 0 Å². The van der Waals surface area contributed by atoms with Gasteiger partial charge in [0.05, 0.1) is 23.5 Å². The van der Waals surface area contributed by atoms with Crippen LogP contribution in [0.15, 0.2) is 12.4 Å². The normalized spacial score (nSPS) is 35.0. The number of rotatable bonds is 4. The molecule has 6 aliphatic rings. The smallest absolute Gasteiger partial charge is 0.358 e. The zero-order valence-corrected chi connectivity index (χ0v) is 14.6. The molecule has 9 nitrogen and oxygen atoms in total. The summed E-state index contributed by atoms with van der Waals surface area (Å²) in [5.41, 5.74) is 0.643. The quantitative estimate of drug-likeness (QED) is 0.806. The summed E-state index contributed by atoms with van der Waals surface area (Å²) in [7, 11) is 0. The number of hydrogen-bond donors (Lipinski definition) is 1. The first-order valence-corrected chi connectivity index (χ1v) is 9.06. The molecule has 8 rings (SSSR count). The number of aromatic carboxylic acids is 1. The Hall–Kier alpha value is -2.29. The largest absolute Gasteiger partial charge is 0.476 e. The van der Waals surface area contributed by atoms with Crippen molar-refractivity contribution < 1.29 is 14.7 Å².